The van der Waals surface area contributed by atoms with Crippen molar-refractivity contribution in [1.82, 2.24) is 5.32 Å². The first-order chi connectivity index (χ1) is 11.5. The second-order valence-electron chi connectivity index (χ2n) is 6.52. The molecule has 0 spiro atoms. The fourth-order valence-corrected chi connectivity index (χ4v) is 3.32. The standard InChI is InChI=1S/C20H21NO3/c1-15(22)21-20(14-19(20,2)17-11-7-4-8-12-17)18(23)24-13-16-9-5-3-6-10-16/h3-12H,13-14H2,1-2H3,(H,21,22)/t19-,20-/m1/s1. The van der Waals surface area contributed by atoms with E-state index in [1.54, 1.807) is 0 Å². The van der Waals surface area contributed by atoms with Gasteiger partial charge in [0.1, 0.15) is 12.1 Å². The van der Waals surface area contributed by atoms with Crippen LogP contribution in [0.4, 0.5) is 0 Å². The van der Waals surface area contributed by atoms with Crippen LogP contribution in [0.5, 0.6) is 0 Å². The molecule has 0 heterocycles. The molecule has 1 fully saturated rings. The van der Waals surface area contributed by atoms with Crippen LogP contribution < -0.4 is 5.32 Å². The van der Waals surface area contributed by atoms with Crippen molar-refractivity contribution in [3.63, 3.8) is 0 Å². The average molecular weight is 323 g/mol. The van der Waals surface area contributed by atoms with Gasteiger partial charge in [-0.15, -0.1) is 0 Å². The molecule has 0 radical (unpaired) electrons. The Morgan fingerprint density at radius 1 is 1.04 bits per heavy atom. The zero-order chi connectivity index (χ0) is 17.2. The molecule has 0 saturated heterocycles. The third-order valence-electron chi connectivity index (χ3n) is 4.80. The molecule has 0 unspecified atom stereocenters. The van der Waals surface area contributed by atoms with E-state index in [-0.39, 0.29) is 18.5 Å². The Hall–Kier alpha value is -2.62. The van der Waals surface area contributed by atoms with Gasteiger partial charge in [-0.25, -0.2) is 4.79 Å². The second kappa shape index (κ2) is 6.11. The minimum Gasteiger partial charge on any atom is -0.459 e. The number of rotatable bonds is 5. The van der Waals surface area contributed by atoms with Gasteiger partial charge < -0.3 is 10.1 Å². The van der Waals surface area contributed by atoms with E-state index in [0.29, 0.717) is 6.42 Å². The Morgan fingerprint density at radius 3 is 2.21 bits per heavy atom. The number of hydrogen-bond acceptors (Lipinski definition) is 3. The van der Waals surface area contributed by atoms with Gasteiger partial charge in [-0.1, -0.05) is 67.6 Å². The molecule has 0 aromatic heterocycles. The lowest BCUT2D eigenvalue weighted by molar-refractivity contribution is -0.151. The fourth-order valence-electron chi connectivity index (χ4n) is 3.32. The topological polar surface area (TPSA) is 55.4 Å². The van der Waals surface area contributed by atoms with Crippen LogP contribution in [0.1, 0.15) is 31.4 Å². The van der Waals surface area contributed by atoms with Gasteiger partial charge in [-0.2, -0.15) is 0 Å². The summed E-state index contributed by atoms with van der Waals surface area (Å²) in [6.45, 7) is 3.61. The molecule has 24 heavy (non-hydrogen) atoms. The lowest BCUT2D eigenvalue weighted by Gasteiger charge is -2.23. The molecule has 2 aromatic carbocycles. The van der Waals surface area contributed by atoms with Crippen LogP contribution in [0.3, 0.4) is 0 Å². The number of ether oxygens (including phenoxy) is 1. The molecule has 124 valence electrons. The summed E-state index contributed by atoms with van der Waals surface area (Å²) < 4.78 is 5.52. The van der Waals surface area contributed by atoms with Crippen molar-refractivity contribution >= 4 is 11.9 Å². The SMILES string of the molecule is CC(=O)N[C@@]1(C(=O)OCc2ccccc2)C[C@]1(C)c1ccccc1. The van der Waals surface area contributed by atoms with E-state index in [1.165, 1.54) is 6.92 Å². The molecule has 0 aliphatic heterocycles. The number of amides is 1. The Labute approximate surface area is 141 Å². The van der Waals surface area contributed by atoms with Crippen LogP contribution in [-0.4, -0.2) is 17.4 Å². The maximum absolute atomic E-state index is 12.8. The van der Waals surface area contributed by atoms with Gasteiger partial charge in [-0.3, -0.25) is 4.79 Å². The molecule has 1 amide bonds. The number of hydrogen-bond donors (Lipinski definition) is 1. The first-order valence-electron chi connectivity index (χ1n) is 8.03. The number of carbonyl (C=O) groups is 2. The summed E-state index contributed by atoms with van der Waals surface area (Å²) in [7, 11) is 0. The van der Waals surface area contributed by atoms with E-state index >= 15 is 0 Å². The summed E-state index contributed by atoms with van der Waals surface area (Å²) in [5.74, 6) is -0.612. The monoisotopic (exact) mass is 323 g/mol. The minimum absolute atomic E-state index is 0.200. The van der Waals surface area contributed by atoms with Crippen LogP contribution in [0.15, 0.2) is 60.7 Å². The number of nitrogens with one attached hydrogen (secondary N) is 1. The van der Waals surface area contributed by atoms with Crippen LogP contribution >= 0.6 is 0 Å². The van der Waals surface area contributed by atoms with Gasteiger partial charge in [0.2, 0.25) is 5.91 Å². The molecule has 2 atom stereocenters. The summed E-state index contributed by atoms with van der Waals surface area (Å²) >= 11 is 0. The van der Waals surface area contributed by atoms with E-state index in [9.17, 15) is 9.59 Å². The molecule has 1 aliphatic rings. The summed E-state index contributed by atoms with van der Waals surface area (Å²) in [5, 5.41) is 2.84. The third-order valence-corrected chi connectivity index (χ3v) is 4.80. The van der Waals surface area contributed by atoms with Gasteiger partial charge in [0, 0.05) is 12.3 Å². The van der Waals surface area contributed by atoms with E-state index in [1.807, 2.05) is 67.6 Å². The molecular formula is C20H21NO3. The quantitative estimate of drug-likeness (QED) is 0.861. The smallest absolute Gasteiger partial charge is 0.333 e. The van der Waals surface area contributed by atoms with Gasteiger partial charge in [0.15, 0.2) is 0 Å². The van der Waals surface area contributed by atoms with E-state index in [4.69, 9.17) is 4.74 Å². The predicted octanol–water partition coefficient (Wildman–Crippen LogP) is 2.97. The molecule has 4 nitrogen and oxygen atoms in total. The highest BCUT2D eigenvalue weighted by atomic mass is 16.5. The normalized spacial score (nSPS) is 24.9. The largest absolute Gasteiger partial charge is 0.459 e. The molecule has 3 rings (SSSR count). The Balaban J connectivity index is 1.80. The summed E-state index contributed by atoms with van der Waals surface area (Å²) in [4.78, 5) is 24.5. The molecular weight excluding hydrogens is 302 g/mol. The first kappa shape index (κ1) is 16.2. The Bertz CT molecular complexity index is 744. The lowest BCUT2D eigenvalue weighted by Crippen LogP contribution is -2.48. The lowest BCUT2D eigenvalue weighted by atomic mass is 9.92. The zero-order valence-electron chi connectivity index (χ0n) is 13.9. The molecule has 2 aromatic rings. The van der Waals surface area contributed by atoms with Crippen LogP contribution in [-0.2, 0) is 26.3 Å². The highest BCUT2D eigenvalue weighted by Gasteiger charge is 2.71. The number of carbonyl (C=O) groups excluding carboxylic acids is 2. The molecule has 0 bridgehead atoms. The van der Waals surface area contributed by atoms with Crippen LogP contribution in [0.25, 0.3) is 0 Å². The molecule has 1 aliphatic carbocycles. The number of esters is 1. The van der Waals surface area contributed by atoms with Crippen molar-refractivity contribution in [2.75, 3.05) is 0 Å². The van der Waals surface area contributed by atoms with Crippen molar-refractivity contribution in [3.8, 4) is 0 Å². The summed E-state index contributed by atoms with van der Waals surface area (Å²) in [6.07, 6.45) is 0.539. The highest BCUT2D eigenvalue weighted by molar-refractivity contribution is 5.93. The van der Waals surface area contributed by atoms with Crippen molar-refractivity contribution in [3.05, 3.63) is 71.8 Å². The van der Waals surface area contributed by atoms with Crippen LogP contribution in [0.2, 0.25) is 0 Å². The van der Waals surface area contributed by atoms with E-state index in [2.05, 4.69) is 5.32 Å². The van der Waals surface area contributed by atoms with E-state index < -0.39 is 11.0 Å². The Morgan fingerprint density at radius 2 is 1.62 bits per heavy atom. The maximum Gasteiger partial charge on any atom is 0.333 e. The van der Waals surface area contributed by atoms with E-state index in [0.717, 1.165) is 11.1 Å². The van der Waals surface area contributed by atoms with Gasteiger partial charge in [0.05, 0.1) is 0 Å². The first-order valence-corrected chi connectivity index (χ1v) is 8.03. The molecule has 1 saturated carbocycles. The third kappa shape index (κ3) is 2.80. The average Bonchev–Trinajstić information content (AvgIpc) is 3.20. The van der Waals surface area contributed by atoms with Crippen molar-refractivity contribution in [1.29, 1.82) is 0 Å². The number of benzene rings is 2. The fraction of sp³-hybridized carbons (Fsp3) is 0.300. The van der Waals surface area contributed by atoms with Crippen LogP contribution in [0, 0.1) is 0 Å². The van der Waals surface area contributed by atoms with Crippen molar-refractivity contribution < 1.29 is 14.3 Å². The summed E-state index contributed by atoms with van der Waals surface area (Å²) in [5.41, 5.74) is 0.504. The second-order valence-corrected chi connectivity index (χ2v) is 6.52. The zero-order valence-corrected chi connectivity index (χ0v) is 13.9. The van der Waals surface area contributed by atoms with Gasteiger partial charge in [-0.05, 0) is 17.5 Å². The molecule has 4 heteroatoms. The van der Waals surface area contributed by atoms with Gasteiger partial charge >= 0.3 is 5.97 Å². The predicted molar refractivity (Wildman–Crippen MR) is 91.2 cm³/mol. The summed E-state index contributed by atoms with van der Waals surface area (Å²) in [6, 6.07) is 19.3. The van der Waals surface area contributed by atoms with Crippen molar-refractivity contribution in [2.45, 2.75) is 37.8 Å². The Kier molecular flexibility index (Phi) is 4.14. The van der Waals surface area contributed by atoms with Crippen molar-refractivity contribution in [2.24, 2.45) is 0 Å². The maximum atomic E-state index is 12.8. The highest BCUT2D eigenvalue weighted by Crippen LogP contribution is 2.58. The molecule has 1 N–H and O–H groups in total. The minimum atomic E-state index is -0.991. The van der Waals surface area contributed by atoms with Gasteiger partial charge in [0.25, 0.3) is 0 Å².